The van der Waals surface area contributed by atoms with Gasteiger partial charge < -0.3 is 19.7 Å². The van der Waals surface area contributed by atoms with Crippen molar-refractivity contribution in [3.05, 3.63) is 59.7 Å². The average molecular weight is 394 g/mol. The van der Waals surface area contributed by atoms with Gasteiger partial charge in [-0.3, -0.25) is 4.79 Å². The van der Waals surface area contributed by atoms with Crippen molar-refractivity contribution in [1.29, 1.82) is 0 Å². The first-order valence-electron chi connectivity index (χ1n) is 8.90. The minimum absolute atomic E-state index is 0.000149. The van der Waals surface area contributed by atoms with E-state index in [9.17, 15) is 18.0 Å². The average Bonchev–Trinajstić information content (AvgIpc) is 2.71. The largest absolute Gasteiger partial charge is 0.484 e. The van der Waals surface area contributed by atoms with E-state index in [2.05, 4.69) is 10.2 Å². The SMILES string of the molecule is O=C(COc1cccc(C(F)(F)F)c1)NCc1ccc(N2CCOCC2)cc1. The van der Waals surface area contributed by atoms with Crippen molar-refractivity contribution >= 4 is 11.6 Å². The van der Waals surface area contributed by atoms with Crippen molar-refractivity contribution in [2.24, 2.45) is 0 Å². The Hall–Kier alpha value is -2.74. The molecule has 0 atom stereocenters. The maximum Gasteiger partial charge on any atom is 0.416 e. The van der Waals surface area contributed by atoms with Crippen LogP contribution in [0.15, 0.2) is 48.5 Å². The topological polar surface area (TPSA) is 50.8 Å². The highest BCUT2D eigenvalue weighted by atomic mass is 19.4. The van der Waals surface area contributed by atoms with Gasteiger partial charge in [0.1, 0.15) is 5.75 Å². The highest BCUT2D eigenvalue weighted by Gasteiger charge is 2.30. The Morgan fingerprint density at radius 3 is 2.50 bits per heavy atom. The molecular weight excluding hydrogens is 373 g/mol. The van der Waals surface area contributed by atoms with Gasteiger partial charge in [-0.1, -0.05) is 18.2 Å². The number of carbonyl (C=O) groups excluding carboxylic acids is 1. The molecule has 0 aliphatic carbocycles. The predicted octanol–water partition coefficient (Wildman–Crippen LogP) is 3.24. The number of hydrogen-bond donors (Lipinski definition) is 1. The molecule has 0 radical (unpaired) electrons. The second kappa shape index (κ2) is 8.97. The summed E-state index contributed by atoms with van der Waals surface area (Å²) in [5.74, 6) is -0.408. The number of hydrogen-bond acceptors (Lipinski definition) is 4. The predicted molar refractivity (Wildman–Crippen MR) is 98.3 cm³/mol. The minimum Gasteiger partial charge on any atom is -0.484 e. The van der Waals surface area contributed by atoms with Crippen LogP contribution in [0.25, 0.3) is 0 Å². The maximum absolute atomic E-state index is 12.7. The van der Waals surface area contributed by atoms with Crippen LogP contribution in [0.5, 0.6) is 5.75 Å². The van der Waals surface area contributed by atoms with Crippen LogP contribution in [-0.2, 0) is 22.3 Å². The molecule has 150 valence electrons. The summed E-state index contributed by atoms with van der Waals surface area (Å²) >= 11 is 0. The lowest BCUT2D eigenvalue weighted by Gasteiger charge is -2.28. The number of morpholine rings is 1. The zero-order valence-corrected chi connectivity index (χ0v) is 15.2. The molecule has 1 amide bonds. The van der Waals surface area contributed by atoms with Gasteiger partial charge in [0.25, 0.3) is 5.91 Å². The van der Waals surface area contributed by atoms with Gasteiger partial charge in [-0.15, -0.1) is 0 Å². The Morgan fingerprint density at radius 1 is 1.11 bits per heavy atom. The fourth-order valence-corrected chi connectivity index (χ4v) is 2.81. The van der Waals surface area contributed by atoms with Gasteiger partial charge in [-0.05, 0) is 35.9 Å². The molecule has 0 saturated carbocycles. The van der Waals surface area contributed by atoms with E-state index in [0.29, 0.717) is 19.8 Å². The molecule has 2 aromatic rings. The molecule has 1 saturated heterocycles. The Kier molecular flexibility index (Phi) is 6.41. The van der Waals surface area contributed by atoms with Gasteiger partial charge >= 0.3 is 6.18 Å². The summed E-state index contributed by atoms with van der Waals surface area (Å²) in [6.07, 6.45) is -4.45. The van der Waals surface area contributed by atoms with Crippen LogP contribution >= 0.6 is 0 Å². The normalized spacial score (nSPS) is 14.6. The van der Waals surface area contributed by atoms with Crippen LogP contribution < -0.4 is 15.0 Å². The van der Waals surface area contributed by atoms with E-state index in [-0.39, 0.29) is 12.4 Å². The molecule has 1 fully saturated rings. The highest BCUT2D eigenvalue weighted by Crippen LogP contribution is 2.31. The molecular formula is C20H21F3N2O3. The van der Waals surface area contributed by atoms with E-state index >= 15 is 0 Å². The van der Waals surface area contributed by atoms with Crippen LogP contribution in [0.3, 0.4) is 0 Å². The van der Waals surface area contributed by atoms with E-state index in [1.807, 2.05) is 24.3 Å². The van der Waals surface area contributed by atoms with Gasteiger partial charge in [0.05, 0.1) is 18.8 Å². The number of benzene rings is 2. The van der Waals surface area contributed by atoms with E-state index in [1.165, 1.54) is 12.1 Å². The first-order chi connectivity index (χ1) is 13.4. The Morgan fingerprint density at radius 2 is 1.82 bits per heavy atom. The Labute approximate surface area is 161 Å². The number of nitrogens with zero attached hydrogens (tertiary/aromatic N) is 1. The van der Waals surface area contributed by atoms with E-state index < -0.39 is 17.6 Å². The molecule has 8 heteroatoms. The van der Waals surface area contributed by atoms with E-state index in [1.54, 1.807) is 0 Å². The lowest BCUT2D eigenvalue weighted by atomic mass is 10.2. The molecule has 1 aliphatic rings. The van der Waals surface area contributed by atoms with Crippen molar-refractivity contribution in [1.82, 2.24) is 5.32 Å². The minimum atomic E-state index is -4.45. The van der Waals surface area contributed by atoms with Crippen molar-refractivity contribution < 1.29 is 27.4 Å². The van der Waals surface area contributed by atoms with Crippen LogP contribution in [0.2, 0.25) is 0 Å². The fourth-order valence-electron chi connectivity index (χ4n) is 2.81. The Bertz CT molecular complexity index is 788. The van der Waals surface area contributed by atoms with Crippen molar-refractivity contribution in [2.75, 3.05) is 37.8 Å². The molecule has 0 spiro atoms. The van der Waals surface area contributed by atoms with Gasteiger partial charge in [0.2, 0.25) is 0 Å². The zero-order chi connectivity index (χ0) is 20.0. The van der Waals surface area contributed by atoms with Gasteiger partial charge in [0.15, 0.2) is 6.61 Å². The molecule has 3 rings (SSSR count). The number of nitrogens with one attached hydrogen (secondary N) is 1. The van der Waals surface area contributed by atoms with Gasteiger partial charge in [-0.25, -0.2) is 0 Å². The van der Waals surface area contributed by atoms with Gasteiger partial charge in [0, 0.05) is 25.3 Å². The number of amides is 1. The summed E-state index contributed by atoms with van der Waals surface area (Å²) in [5, 5.41) is 2.69. The number of rotatable bonds is 6. The lowest BCUT2D eigenvalue weighted by molar-refractivity contribution is -0.137. The smallest absolute Gasteiger partial charge is 0.416 e. The quantitative estimate of drug-likeness (QED) is 0.817. The van der Waals surface area contributed by atoms with Crippen molar-refractivity contribution in [3.8, 4) is 5.75 Å². The summed E-state index contributed by atoms with van der Waals surface area (Å²) in [5.41, 5.74) is 1.21. The van der Waals surface area contributed by atoms with Crippen LogP contribution in [0.1, 0.15) is 11.1 Å². The monoisotopic (exact) mass is 394 g/mol. The molecule has 2 aromatic carbocycles. The first kappa shape index (κ1) is 20.0. The zero-order valence-electron chi connectivity index (χ0n) is 15.2. The van der Waals surface area contributed by atoms with Crippen LogP contribution in [0, 0.1) is 0 Å². The van der Waals surface area contributed by atoms with Gasteiger partial charge in [-0.2, -0.15) is 13.2 Å². The molecule has 1 aliphatic heterocycles. The van der Waals surface area contributed by atoms with E-state index in [4.69, 9.17) is 9.47 Å². The third kappa shape index (κ3) is 5.63. The molecule has 0 aromatic heterocycles. The molecule has 1 heterocycles. The highest BCUT2D eigenvalue weighted by molar-refractivity contribution is 5.77. The summed E-state index contributed by atoms with van der Waals surface area (Å²) in [6.45, 7) is 3.08. The second-order valence-corrected chi connectivity index (χ2v) is 6.36. The summed E-state index contributed by atoms with van der Waals surface area (Å²) < 4.78 is 48.5. The summed E-state index contributed by atoms with van der Waals surface area (Å²) in [7, 11) is 0. The number of halogens is 3. The number of ether oxygens (including phenoxy) is 2. The second-order valence-electron chi connectivity index (χ2n) is 6.36. The molecule has 5 nitrogen and oxygen atoms in total. The lowest BCUT2D eigenvalue weighted by Crippen LogP contribution is -2.36. The maximum atomic E-state index is 12.7. The third-order valence-corrected chi connectivity index (χ3v) is 4.33. The number of anilines is 1. The molecule has 0 unspecified atom stereocenters. The summed E-state index contributed by atoms with van der Waals surface area (Å²) in [4.78, 5) is 14.1. The third-order valence-electron chi connectivity index (χ3n) is 4.33. The fraction of sp³-hybridized carbons (Fsp3) is 0.350. The molecule has 1 N–H and O–H groups in total. The number of carbonyl (C=O) groups is 1. The molecule has 28 heavy (non-hydrogen) atoms. The Balaban J connectivity index is 1.45. The van der Waals surface area contributed by atoms with Crippen LogP contribution in [0.4, 0.5) is 18.9 Å². The number of alkyl halides is 3. The first-order valence-corrected chi connectivity index (χ1v) is 8.90. The van der Waals surface area contributed by atoms with Crippen molar-refractivity contribution in [2.45, 2.75) is 12.7 Å². The van der Waals surface area contributed by atoms with Crippen molar-refractivity contribution in [3.63, 3.8) is 0 Å². The standard InChI is InChI=1S/C20H21F3N2O3/c21-20(22,23)16-2-1-3-18(12-16)28-14-19(26)24-13-15-4-6-17(7-5-15)25-8-10-27-11-9-25/h1-7,12H,8-11,13-14H2,(H,24,26). The van der Waals surface area contributed by atoms with E-state index in [0.717, 1.165) is 36.5 Å². The van der Waals surface area contributed by atoms with Crippen LogP contribution in [-0.4, -0.2) is 38.8 Å². The summed E-state index contributed by atoms with van der Waals surface area (Å²) in [6, 6.07) is 12.3. The molecule has 0 bridgehead atoms.